The van der Waals surface area contributed by atoms with Crippen molar-refractivity contribution in [3.63, 3.8) is 0 Å². The molecule has 0 aliphatic carbocycles. The third-order valence-corrected chi connectivity index (χ3v) is 3.87. The van der Waals surface area contributed by atoms with E-state index >= 15 is 0 Å². The average molecular weight is 197 g/mol. The molecular weight excluding hydrogens is 188 g/mol. The molecule has 11 heavy (non-hydrogen) atoms. The molecule has 0 aliphatic rings. The first-order valence-corrected chi connectivity index (χ1v) is 6.27. The SMILES string of the molecule is C=C[Si]O[Si](C=C)O[Si]C=C. The maximum absolute atomic E-state index is 5.27. The van der Waals surface area contributed by atoms with Crippen molar-refractivity contribution in [2.24, 2.45) is 0 Å². The Morgan fingerprint density at radius 1 is 1.00 bits per heavy atom. The molecule has 0 saturated carbocycles. The van der Waals surface area contributed by atoms with Crippen LogP contribution in [-0.2, 0) is 8.23 Å². The summed E-state index contributed by atoms with van der Waals surface area (Å²) in [6.07, 6.45) is 0. The predicted octanol–water partition coefficient (Wildman–Crippen LogP) is 0.758. The van der Waals surface area contributed by atoms with Gasteiger partial charge in [-0.15, -0.1) is 19.7 Å². The van der Waals surface area contributed by atoms with Crippen LogP contribution in [0.15, 0.2) is 36.8 Å². The molecule has 0 heterocycles. The van der Waals surface area contributed by atoms with Crippen molar-refractivity contribution >= 4 is 28.8 Å². The van der Waals surface area contributed by atoms with Gasteiger partial charge in [0.25, 0.3) is 0 Å². The van der Waals surface area contributed by atoms with Crippen molar-refractivity contribution in [2.45, 2.75) is 0 Å². The van der Waals surface area contributed by atoms with Gasteiger partial charge >= 0.3 is 9.28 Å². The molecule has 0 N–H and O–H groups in total. The lowest BCUT2D eigenvalue weighted by atomic mass is 11.3. The minimum atomic E-state index is -1.26. The molecule has 0 fully saturated rings. The van der Waals surface area contributed by atoms with Gasteiger partial charge in [-0.3, -0.25) is 0 Å². The highest BCUT2D eigenvalue weighted by atomic mass is 28.4. The van der Waals surface area contributed by atoms with Crippen LogP contribution < -0.4 is 0 Å². The highest BCUT2D eigenvalue weighted by molar-refractivity contribution is 6.64. The third kappa shape index (κ3) is 6.20. The van der Waals surface area contributed by atoms with E-state index in [1.165, 1.54) is 0 Å². The molecule has 0 amide bonds. The van der Waals surface area contributed by atoms with Gasteiger partial charge in [-0.05, 0) is 5.70 Å². The lowest BCUT2D eigenvalue weighted by Gasteiger charge is -2.06. The molecule has 0 saturated heterocycles. The van der Waals surface area contributed by atoms with Crippen molar-refractivity contribution in [1.82, 2.24) is 0 Å². The van der Waals surface area contributed by atoms with E-state index in [9.17, 15) is 0 Å². The lowest BCUT2D eigenvalue weighted by Crippen LogP contribution is -2.23. The summed E-state index contributed by atoms with van der Waals surface area (Å²) in [5.74, 6) is 0. The number of rotatable bonds is 7. The highest BCUT2D eigenvalue weighted by Gasteiger charge is 2.08. The second kappa shape index (κ2) is 7.89. The maximum atomic E-state index is 5.27. The van der Waals surface area contributed by atoms with Gasteiger partial charge in [0, 0.05) is 0 Å². The fourth-order valence-corrected chi connectivity index (χ4v) is 3.11. The summed E-state index contributed by atoms with van der Waals surface area (Å²) < 4.78 is 10.5. The fourth-order valence-electron chi connectivity index (χ4n) is 0.304. The summed E-state index contributed by atoms with van der Waals surface area (Å²) in [7, 11) is -0.671. The quantitative estimate of drug-likeness (QED) is 0.561. The molecule has 0 rings (SSSR count). The van der Waals surface area contributed by atoms with E-state index in [0.717, 1.165) is 0 Å². The Kier molecular flexibility index (Phi) is 7.74. The molecule has 0 spiro atoms. The van der Waals surface area contributed by atoms with Crippen LogP contribution in [0.4, 0.5) is 0 Å². The molecular formula is C6H9O2Si3. The zero-order valence-electron chi connectivity index (χ0n) is 6.17. The molecule has 5 heteroatoms. The molecule has 0 aliphatic heterocycles. The summed E-state index contributed by atoms with van der Waals surface area (Å²) >= 11 is 0. The minimum absolute atomic E-state index is 0.296. The Labute approximate surface area is 74.3 Å². The van der Waals surface area contributed by atoms with E-state index in [1.54, 1.807) is 17.1 Å². The fraction of sp³-hybridized carbons (Fsp3) is 0. The van der Waals surface area contributed by atoms with Crippen LogP contribution in [0.1, 0.15) is 0 Å². The monoisotopic (exact) mass is 197 g/mol. The second-order valence-electron chi connectivity index (χ2n) is 1.37. The van der Waals surface area contributed by atoms with Gasteiger partial charge in [-0.25, -0.2) is 0 Å². The Bertz CT molecular complexity index is 126. The number of hydrogen-bond acceptors (Lipinski definition) is 2. The zero-order chi connectivity index (χ0) is 8.53. The normalized spacial score (nSPS) is 9.55. The van der Waals surface area contributed by atoms with Crippen LogP contribution in [0.25, 0.3) is 0 Å². The van der Waals surface area contributed by atoms with E-state index in [2.05, 4.69) is 19.7 Å². The van der Waals surface area contributed by atoms with Crippen LogP contribution in [0.3, 0.4) is 0 Å². The van der Waals surface area contributed by atoms with E-state index in [1.807, 2.05) is 0 Å². The van der Waals surface area contributed by atoms with Gasteiger partial charge in [0.1, 0.15) is 0 Å². The maximum Gasteiger partial charge on any atom is 0.393 e. The standard InChI is InChI=1S/C6H9O2Si3/c1-4-9-7-11(6-3)8-10-5-2/h4-6H,1-3H2. The van der Waals surface area contributed by atoms with E-state index < -0.39 is 9.28 Å². The van der Waals surface area contributed by atoms with Crippen LogP contribution in [0.2, 0.25) is 0 Å². The first-order chi connectivity index (χ1) is 5.35. The molecule has 0 unspecified atom stereocenters. The average Bonchev–Trinajstić information content (AvgIpc) is 2.05. The minimum Gasteiger partial charge on any atom is -0.429 e. The molecule has 0 bridgehead atoms. The van der Waals surface area contributed by atoms with Gasteiger partial charge in [0.15, 0.2) is 0 Å². The third-order valence-electron chi connectivity index (χ3n) is 0.652. The van der Waals surface area contributed by atoms with Crippen molar-refractivity contribution < 1.29 is 8.23 Å². The highest BCUT2D eigenvalue weighted by Crippen LogP contribution is 1.88. The van der Waals surface area contributed by atoms with Crippen LogP contribution in [0.5, 0.6) is 0 Å². The van der Waals surface area contributed by atoms with Gasteiger partial charge in [-0.1, -0.05) is 11.4 Å². The zero-order valence-corrected chi connectivity index (χ0v) is 9.17. The van der Waals surface area contributed by atoms with Crippen molar-refractivity contribution in [1.29, 1.82) is 0 Å². The Balaban J connectivity index is 3.47. The van der Waals surface area contributed by atoms with E-state index in [0.29, 0.717) is 19.5 Å². The molecule has 0 aromatic rings. The van der Waals surface area contributed by atoms with Crippen molar-refractivity contribution in [3.8, 4) is 0 Å². The van der Waals surface area contributed by atoms with Crippen LogP contribution in [-0.4, -0.2) is 28.8 Å². The summed E-state index contributed by atoms with van der Waals surface area (Å²) in [5.41, 5.74) is 5.14. The number of hydrogen-bond donors (Lipinski definition) is 0. The Hall–Kier alpha value is -0.209. The molecule has 2 nitrogen and oxygen atoms in total. The first-order valence-electron chi connectivity index (χ1n) is 2.91. The van der Waals surface area contributed by atoms with Crippen molar-refractivity contribution in [3.05, 3.63) is 36.8 Å². The molecule has 0 aromatic carbocycles. The largest absolute Gasteiger partial charge is 0.429 e. The van der Waals surface area contributed by atoms with Crippen LogP contribution >= 0.6 is 0 Å². The Morgan fingerprint density at radius 2 is 1.45 bits per heavy atom. The lowest BCUT2D eigenvalue weighted by molar-refractivity contribution is 0.477. The van der Waals surface area contributed by atoms with Crippen LogP contribution in [0, 0.1) is 0 Å². The Morgan fingerprint density at radius 3 is 1.73 bits per heavy atom. The van der Waals surface area contributed by atoms with Gasteiger partial charge in [0.05, 0.1) is 0 Å². The molecule has 57 valence electrons. The summed E-state index contributed by atoms with van der Waals surface area (Å²) in [5, 5.41) is 0. The molecule has 0 aromatic heterocycles. The van der Waals surface area contributed by atoms with Gasteiger partial charge < -0.3 is 8.23 Å². The van der Waals surface area contributed by atoms with Gasteiger partial charge in [0.2, 0.25) is 19.5 Å². The first kappa shape index (κ1) is 10.8. The van der Waals surface area contributed by atoms with E-state index in [-0.39, 0.29) is 0 Å². The summed E-state index contributed by atoms with van der Waals surface area (Å²) in [6, 6.07) is 0. The summed E-state index contributed by atoms with van der Waals surface area (Å²) in [4.78, 5) is 0. The second-order valence-corrected chi connectivity index (χ2v) is 5.34. The molecule has 0 atom stereocenters. The van der Waals surface area contributed by atoms with E-state index in [4.69, 9.17) is 8.23 Å². The molecule has 5 radical (unpaired) electrons. The topological polar surface area (TPSA) is 18.5 Å². The smallest absolute Gasteiger partial charge is 0.393 e. The summed E-state index contributed by atoms with van der Waals surface area (Å²) in [6.45, 7) is 10.7. The predicted molar refractivity (Wildman–Crippen MR) is 50.0 cm³/mol. The van der Waals surface area contributed by atoms with Gasteiger partial charge in [-0.2, -0.15) is 0 Å². The van der Waals surface area contributed by atoms with Crippen molar-refractivity contribution in [2.75, 3.05) is 0 Å².